The maximum absolute atomic E-state index is 5.36. The molecule has 3 nitrogen and oxygen atoms in total. The normalized spacial score (nSPS) is 21.2. The Labute approximate surface area is 134 Å². The number of aryl methyl sites for hydroxylation is 1. The second kappa shape index (κ2) is 6.21. The zero-order chi connectivity index (χ0) is 14.9. The van der Waals surface area contributed by atoms with Gasteiger partial charge in [-0.05, 0) is 79.8 Å². The lowest BCUT2D eigenvalue weighted by atomic mass is 9.86. The quantitative estimate of drug-likeness (QED) is 0.925. The zero-order valence-corrected chi connectivity index (χ0v) is 13.8. The van der Waals surface area contributed by atoms with Gasteiger partial charge in [-0.15, -0.1) is 0 Å². The number of rotatable bonds is 4. The Balaban J connectivity index is 1.80. The van der Waals surface area contributed by atoms with E-state index in [-0.39, 0.29) is 0 Å². The Bertz CT molecular complexity index is 551. The average Bonchev–Trinajstić information content (AvgIpc) is 3.37. The number of nitrogens with zero attached hydrogens (tertiary/aromatic N) is 1. The smallest absolute Gasteiger partial charge is 0.0637 e. The third-order valence-electron chi connectivity index (χ3n) is 5.48. The molecule has 0 radical (unpaired) electrons. The molecular weight excluding hydrogens is 272 g/mol. The van der Waals surface area contributed by atoms with Crippen LogP contribution in [0, 0.1) is 0 Å². The van der Waals surface area contributed by atoms with Gasteiger partial charge in [0.1, 0.15) is 0 Å². The first kappa shape index (κ1) is 14.5. The molecule has 0 aromatic heterocycles. The van der Waals surface area contributed by atoms with Gasteiger partial charge < -0.3 is 15.0 Å². The molecule has 1 saturated carbocycles. The van der Waals surface area contributed by atoms with Gasteiger partial charge in [0.25, 0.3) is 0 Å². The van der Waals surface area contributed by atoms with Crippen LogP contribution in [-0.4, -0.2) is 39.9 Å². The lowest BCUT2D eigenvalue weighted by Gasteiger charge is -2.35. The fourth-order valence-corrected chi connectivity index (χ4v) is 4.31. The largest absolute Gasteiger partial charge is 0.383 e. The van der Waals surface area contributed by atoms with E-state index in [1.807, 2.05) is 7.11 Å². The standard InChI is InChI=1S/C19H28N2O/c1-22-12-11-21-10-2-3-16-13-15-6-8-20-9-7-17(15)18(19(16)21)14-4-5-14/h13-14,20H,2-12H2,1H3. The highest BCUT2D eigenvalue weighted by Gasteiger charge is 2.34. The van der Waals surface area contributed by atoms with E-state index in [0.29, 0.717) is 0 Å². The minimum atomic E-state index is 0.836. The minimum absolute atomic E-state index is 0.836. The molecule has 1 fully saturated rings. The molecule has 2 heterocycles. The minimum Gasteiger partial charge on any atom is -0.383 e. The van der Waals surface area contributed by atoms with Gasteiger partial charge in [-0.2, -0.15) is 0 Å². The maximum Gasteiger partial charge on any atom is 0.0637 e. The van der Waals surface area contributed by atoms with Crippen molar-refractivity contribution in [3.63, 3.8) is 0 Å². The molecule has 0 saturated heterocycles. The number of anilines is 1. The monoisotopic (exact) mass is 300 g/mol. The molecule has 0 unspecified atom stereocenters. The molecule has 1 aromatic carbocycles. The Morgan fingerprint density at radius 3 is 2.86 bits per heavy atom. The summed E-state index contributed by atoms with van der Waals surface area (Å²) < 4.78 is 5.36. The molecule has 0 spiro atoms. The molecule has 1 aliphatic carbocycles. The van der Waals surface area contributed by atoms with Crippen molar-refractivity contribution in [3.05, 3.63) is 28.3 Å². The summed E-state index contributed by atoms with van der Waals surface area (Å²) in [7, 11) is 1.81. The second-order valence-electron chi connectivity index (χ2n) is 7.04. The van der Waals surface area contributed by atoms with E-state index in [0.717, 1.165) is 32.2 Å². The number of methoxy groups -OCH3 is 1. The zero-order valence-electron chi connectivity index (χ0n) is 13.8. The SMILES string of the molecule is COCCN1CCCc2cc3c(c(C4CC4)c21)CCNCC3. The molecule has 2 aliphatic heterocycles. The first-order valence-electron chi connectivity index (χ1n) is 9.00. The molecule has 3 aliphatic rings. The summed E-state index contributed by atoms with van der Waals surface area (Å²) in [6.45, 7) is 5.36. The predicted octanol–water partition coefficient (Wildman–Crippen LogP) is 2.65. The van der Waals surface area contributed by atoms with Crippen molar-refractivity contribution in [1.29, 1.82) is 0 Å². The van der Waals surface area contributed by atoms with Gasteiger partial charge >= 0.3 is 0 Å². The molecule has 0 amide bonds. The summed E-state index contributed by atoms with van der Waals surface area (Å²) in [4.78, 5) is 2.62. The van der Waals surface area contributed by atoms with Gasteiger partial charge in [-0.25, -0.2) is 0 Å². The van der Waals surface area contributed by atoms with Crippen molar-refractivity contribution < 1.29 is 4.74 Å². The molecule has 0 bridgehead atoms. The first-order chi connectivity index (χ1) is 10.9. The molecule has 1 aromatic rings. The molecule has 120 valence electrons. The Kier molecular flexibility index (Phi) is 4.10. The summed E-state index contributed by atoms with van der Waals surface area (Å²) in [6, 6.07) is 2.54. The third-order valence-corrected chi connectivity index (χ3v) is 5.48. The van der Waals surface area contributed by atoms with E-state index in [2.05, 4.69) is 16.3 Å². The van der Waals surface area contributed by atoms with Crippen LogP contribution in [-0.2, 0) is 24.0 Å². The summed E-state index contributed by atoms with van der Waals surface area (Å²) in [5.41, 5.74) is 8.28. The van der Waals surface area contributed by atoms with Gasteiger partial charge in [0.2, 0.25) is 0 Å². The summed E-state index contributed by atoms with van der Waals surface area (Å²) >= 11 is 0. The fourth-order valence-electron chi connectivity index (χ4n) is 4.31. The Hall–Kier alpha value is -1.06. The highest BCUT2D eigenvalue weighted by molar-refractivity contribution is 5.68. The molecule has 3 heteroatoms. The highest BCUT2D eigenvalue weighted by Crippen LogP contribution is 2.49. The van der Waals surface area contributed by atoms with Crippen molar-refractivity contribution in [2.75, 3.05) is 44.8 Å². The van der Waals surface area contributed by atoms with Crippen molar-refractivity contribution in [1.82, 2.24) is 5.32 Å². The molecular formula is C19H28N2O. The Morgan fingerprint density at radius 2 is 2.05 bits per heavy atom. The van der Waals surface area contributed by atoms with Crippen LogP contribution in [0.5, 0.6) is 0 Å². The maximum atomic E-state index is 5.36. The van der Waals surface area contributed by atoms with Crippen molar-refractivity contribution in [3.8, 4) is 0 Å². The van der Waals surface area contributed by atoms with Crippen LogP contribution < -0.4 is 10.2 Å². The van der Waals surface area contributed by atoms with Gasteiger partial charge in [-0.1, -0.05) is 6.07 Å². The number of benzene rings is 1. The van der Waals surface area contributed by atoms with E-state index in [1.165, 1.54) is 45.1 Å². The van der Waals surface area contributed by atoms with Crippen LogP contribution in [0.1, 0.15) is 47.4 Å². The number of fused-ring (bicyclic) bond motifs is 2. The van der Waals surface area contributed by atoms with Gasteiger partial charge in [-0.3, -0.25) is 0 Å². The van der Waals surface area contributed by atoms with E-state index in [9.17, 15) is 0 Å². The van der Waals surface area contributed by atoms with Crippen LogP contribution in [0.3, 0.4) is 0 Å². The molecule has 22 heavy (non-hydrogen) atoms. The number of hydrogen-bond acceptors (Lipinski definition) is 3. The number of ether oxygens (including phenoxy) is 1. The van der Waals surface area contributed by atoms with E-state index >= 15 is 0 Å². The summed E-state index contributed by atoms with van der Waals surface area (Å²) in [5.74, 6) is 0.838. The van der Waals surface area contributed by atoms with Crippen molar-refractivity contribution in [2.45, 2.75) is 44.4 Å². The second-order valence-corrected chi connectivity index (χ2v) is 7.04. The van der Waals surface area contributed by atoms with Gasteiger partial charge in [0, 0.05) is 25.9 Å². The lowest BCUT2D eigenvalue weighted by molar-refractivity contribution is 0.205. The molecule has 0 atom stereocenters. The fraction of sp³-hybridized carbons (Fsp3) is 0.684. The third kappa shape index (κ3) is 2.65. The number of nitrogens with one attached hydrogen (secondary N) is 1. The number of hydrogen-bond donors (Lipinski definition) is 1. The Morgan fingerprint density at radius 1 is 1.18 bits per heavy atom. The topological polar surface area (TPSA) is 24.5 Å². The van der Waals surface area contributed by atoms with Crippen molar-refractivity contribution in [2.24, 2.45) is 0 Å². The van der Waals surface area contributed by atoms with Crippen LogP contribution in [0.2, 0.25) is 0 Å². The summed E-state index contributed by atoms with van der Waals surface area (Å²) in [5, 5.41) is 3.58. The average molecular weight is 300 g/mol. The first-order valence-corrected chi connectivity index (χ1v) is 9.00. The van der Waals surface area contributed by atoms with Crippen LogP contribution in [0.4, 0.5) is 5.69 Å². The van der Waals surface area contributed by atoms with E-state index in [1.54, 1.807) is 27.9 Å². The summed E-state index contributed by atoms with van der Waals surface area (Å²) in [6.07, 6.45) is 7.77. The molecule has 4 rings (SSSR count). The predicted molar refractivity (Wildman–Crippen MR) is 91.1 cm³/mol. The van der Waals surface area contributed by atoms with Crippen LogP contribution >= 0.6 is 0 Å². The van der Waals surface area contributed by atoms with Gasteiger partial charge in [0.15, 0.2) is 0 Å². The van der Waals surface area contributed by atoms with E-state index < -0.39 is 0 Å². The lowest BCUT2D eigenvalue weighted by Crippen LogP contribution is -2.34. The van der Waals surface area contributed by atoms with Crippen LogP contribution in [0.25, 0.3) is 0 Å². The van der Waals surface area contributed by atoms with Crippen molar-refractivity contribution >= 4 is 5.69 Å². The highest BCUT2D eigenvalue weighted by atomic mass is 16.5. The molecule has 1 N–H and O–H groups in total. The van der Waals surface area contributed by atoms with Crippen LogP contribution in [0.15, 0.2) is 6.07 Å². The van der Waals surface area contributed by atoms with Gasteiger partial charge in [0.05, 0.1) is 6.61 Å². The van der Waals surface area contributed by atoms with E-state index in [4.69, 9.17) is 4.74 Å².